The molecule has 102 valence electrons. The Morgan fingerprint density at radius 1 is 1.53 bits per heavy atom. The molecule has 0 amide bonds. The zero-order valence-corrected chi connectivity index (χ0v) is 13.3. The lowest BCUT2D eigenvalue weighted by atomic mass is 10.0. The summed E-state index contributed by atoms with van der Waals surface area (Å²) in [5.74, 6) is 1.12. The van der Waals surface area contributed by atoms with Crippen molar-refractivity contribution >= 4 is 32.1 Å². The van der Waals surface area contributed by atoms with E-state index in [1.165, 1.54) is 0 Å². The molecule has 3 nitrogen and oxygen atoms in total. The fraction of sp³-hybridized carbons (Fsp3) is 0.429. The van der Waals surface area contributed by atoms with Crippen LogP contribution in [0.1, 0.15) is 30.6 Å². The predicted octanol–water partition coefficient (Wildman–Crippen LogP) is 3.01. The van der Waals surface area contributed by atoms with Crippen LogP contribution in [0.4, 0.5) is 0 Å². The van der Waals surface area contributed by atoms with Crippen molar-refractivity contribution in [2.75, 3.05) is 7.11 Å². The number of hydrogen-bond acceptors (Lipinski definition) is 4. The molecule has 0 aromatic heterocycles. The van der Waals surface area contributed by atoms with Crippen LogP contribution in [0.3, 0.4) is 0 Å². The first-order chi connectivity index (χ1) is 8.99. The zero-order chi connectivity index (χ0) is 14.4. The van der Waals surface area contributed by atoms with E-state index in [0.717, 1.165) is 22.8 Å². The van der Waals surface area contributed by atoms with Crippen molar-refractivity contribution in [2.45, 2.75) is 25.5 Å². The molecule has 0 saturated heterocycles. The summed E-state index contributed by atoms with van der Waals surface area (Å²) in [5, 5.41) is 11.4. The molecule has 0 fully saturated rings. The summed E-state index contributed by atoms with van der Waals surface area (Å²) in [6.45, 7) is 4.10. The van der Waals surface area contributed by atoms with Crippen LogP contribution in [0.25, 0.3) is 0 Å². The van der Waals surface area contributed by atoms with Gasteiger partial charge in [-0.15, -0.1) is 9.24 Å². The molecule has 1 rings (SSSR count). The number of methoxy groups -OCH3 is 1. The van der Waals surface area contributed by atoms with E-state index in [1.807, 2.05) is 19.2 Å². The minimum atomic E-state index is -0.303. The first kappa shape index (κ1) is 16.0. The Bertz CT molecular complexity index is 497. The third-order valence-corrected chi connectivity index (χ3v) is 3.93. The molecule has 19 heavy (non-hydrogen) atoms. The van der Waals surface area contributed by atoms with E-state index in [9.17, 15) is 4.79 Å². The average molecular weight is 295 g/mol. The van der Waals surface area contributed by atoms with Crippen molar-refractivity contribution in [3.05, 3.63) is 23.8 Å². The Kier molecular flexibility index (Phi) is 6.34. The molecule has 1 aromatic carbocycles. The number of carbonyl (C=O) groups excluding carboxylic acids is 1. The van der Waals surface area contributed by atoms with Crippen molar-refractivity contribution in [3.8, 4) is 11.2 Å². The minimum absolute atomic E-state index is 0.00611. The normalized spacial score (nSPS) is 12.0. The molecule has 1 aromatic rings. The first-order valence-electron chi connectivity index (χ1n) is 6.02. The maximum Gasteiger partial charge on any atom is 0.176 e. The third kappa shape index (κ3) is 4.53. The molecule has 0 aliphatic heterocycles. The van der Waals surface area contributed by atoms with E-state index in [0.29, 0.717) is 17.9 Å². The Morgan fingerprint density at radius 3 is 2.68 bits per heavy atom. The van der Waals surface area contributed by atoms with Crippen LogP contribution in [-0.4, -0.2) is 18.1 Å². The van der Waals surface area contributed by atoms with Crippen LogP contribution in [0.15, 0.2) is 18.2 Å². The molecular formula is C14H18NO2PS. The number of nitriles is 1. The number of nitrogens with zero attached hydrogens (tertiary/aromatic N) is 1. The number of ether oxygens (including phenoxy) is 1. The standard InChI is InChI=1S/C14H18NO2PS/c1-9(2)6-13(19-8-15)14(16)10-4-5-11(17-3)12(18)7-10/h4-5,7,9,13H,6,18H2,1-3H3. The molecule has 2 unspecified atom stereocenters. The number of rotatable bonds is 6. The molecule has 0 N–H and O–H groups in total. The highest BCUT2D eigenvalue weighted by atomic mass is 32.2. The number of ketones is 1. The second-order valence-electron chi connectivity index (χ2n) is 4.65. The zero-order valence-electron chi connectivity index (χ0n) is 11.3. The molecule has 0 saturated carbocycles. The Labute approximate surface area is 120 Å². The Morgan fingerprint density at radius 2 is 2.21 bits per heavy atom. The number of hydrogen-bond donors (Lipinski definition) is 0. The Balaban J connectivity index is 2.96. The summed E-state index contributed by atoms with van der Waals surface area (Å²) in [5.41, 5.74) is 0.624. The molecule has 0 heterocycles. The van der Waals surface area contributed by atoms with Crippen LogP contribution >= 0.6 is 21.0 Å². The predicted molar refractivity (Wildman–Crippen MR) is 83.1 cm³/mol. The monoisotopic (exact) mass is 295 g/mol. The van der Waals surface area contributed by atoms with Gasteiger partial charge in [-0.3, -0.25) is 4.79 Å². The van der Waals surface area contributed by atoms with Gasteiger partial charge in [-0.05, 0) is 42.3 Å². The van der Waals surface area contributed by atoms with Gasteiger partial charge in [-0.2, -0.15) is 5.26 Å². The van der Waals surface area contributed by atoms with E-state index in [-0.39, 0.29) is 11.0 Å². The Hall–Kier alpha value is -1.04. The van der Waals surface area contributed by atoms with Gasteiger partial charge >= 0.3 is 0 Å². The van der Waals surface area contributed by atoms with Gasteiger partial charge in [0.15, 0.2) is 5.78 Å². The average Bonchev–Trinajstić information content (AvgIpc) is 2.36. The van der Waals surface area contributed by atoms with E-state index < -0.39 is 0 Å². The maximum absolute atomic E-state index is 12.4. The second-order valence-corrected chi connectivity index (χ2v) is 6.26. The van der Waals surface area contributed by atoms with E-state index in [1.54, 1.807) is 25.3 Å². The van der Waals surface area contributed by atoms with Gasteiger partial charge in [-0.25, -0.2) is 0 Å². The summed E-state index contributed by atoms with van der Waals surface area (Å²) in [4.78, 5) is 12.4. The highest BCUT2D eigenvalue weighted by Crippen LogP contribution is 2.23. The molecule has 0 bridgehead atoms. The van der Waals surface area contributed by atoms with Gasteiger partial charge in [0.05, 0.1) is 12.4 Å². The largest absolute Gasteiger partial charge is 0.496 e. The van der Waals surface area contributed by atoms with E-state index in [2.05, 4.69) is 9.24 Å². The van der Waals surface area contributed by atoms with Crippen LogP contribution in [-0.2, 0) is 0 Å². The fourth-order valence-electron chi connectivity index (χ4n) is 1.77. The molecule has 0 spiro atoms. The summed E-state index contributed by atoms with van der Waals surface area (Å²) >= 11 is 1.04. The van der Waals surface area contributed by atoms with E-state index >= 15 is 0 Å². The van der Waals surface area contributed by atoms with Gasteiger partial charge in [0.25, 0.3) is 0 Å². The highest BCUT2D eigenvalue weighted by Gasteiger charge is 2.22. The minimum Gasteiger partial charge on any atom is -0.496 e. The lowest BCUT2D eigenvalue weighted by molar-refractivity contribution is 0.0982. The van der Waals surface area contributed by atoms with Gasteiger partial charge < -0.3 is 4.74 Å². The molecule has 0 aliphatic carbocycles. The van der Waals surface area contributed by atoms with E-state index in [4.69, 9.17) is 10.00 Å². The molecular weight excluding hydrogens is 277 g/mol. The van der Waals surface area contributed by atoms with Crippen molar-refractivity contribution in [2.24, 2.45) is 5.92 Å². The number of thioether (sulfide) groups is 1. The quantitative estimate of drug-likeness (QED) is 0.460. The summed E-state index contributed by atoms with van der Waals surface area (Å²) in [7, 11) is 4.15. The third-order valence-electron chi connectivity index (χ3n) is 2.69. The summed E-state index contributed by atoms with van der Waals surface area (Å²) < 4.78 is 5.16. The number of carbonyl (C=O) groups is 1. The first-order valence-corrected chi connectivity index (χ1v) is 7.47. The van der Waals surface area contributed by atoms with Crippen LogP contribution in [0, 0.1) is 16.6 Å². The van der Waals surface area contributed by atoms with Gasteiger partial charge in [0, 0.05) is 10.9 Å². The van der Waals surface area contributed by atoms with Crippen LogP contribution in [0.5, 0.6) is 5.75 Å². The number of Topliss-reactive ketones (excluding diaryl/α,β-unsaturated/α-hetero) is 1. The smallest absolute Gasteiger partial charge is 0.176 e. The lowest BCUT2D eigenvalue weighted by Crippen LogP contribution is -2.20. The number of benzene rings is 1. The second kappa shape index (κ2) is 7.53. The molecule has 0 radical (unpaired) electrons. The number of thiocyanates is 1. The maximum atomic E-state index is 12.4. The lowest BCUT2D eigenvalue weighted by Gasteiger charge is -2.15. The van der Waals surface area contributed by atoms with Crippen molar-refractivity contribution in [1.82, 2.24) is 0 Å². The van der Waals surface area contributed by atoms with Crippen LogP contribution in [0.2, 0.25) is 0 Å². The van der Waals surface area contributed by atoms with Crippen molar-refractivity contribution in [1.29, 1.82) is 5.26 Å². The van der Waals surface area contributed by atoms with Crippen molar-refractivity contribution < 1.29 is 9.53 Å². The summed E-state index contributed by atoms with van der Waals surface area (Å²) in [6, 6.07) is 5.32. The molecule has 0 aliphatic rings. The highest BCUT2D eigenvalue weighted by molar-refractivity contribution is 8.05. The topological polar surface area (TPSA) is 50.1 Å². The summed E-state index contributed by atoms with van der Waals surface area (Å²) in [6.07, 6.45) is 0.704. The van der Waals surface area contributed by atoms with Crippen LogP contribution < -0.4 is 10.0 Å². The van der Waals surface area contributed by atoms with Gasteiger partial charge in [0.1, 0.15) is 11.2 Å². The van der Waals surface area contributed by atoms with Gasteiger partial charge in [-0.1, -0.05) is 13.8 Å². The molecule has 2 atom stereocenters. The SMILES string of the molecule is COc1ccc(C(=O)C(CC(C)C)SC#N)cc1P. The molecule has 5 heteroatoms. The van der Waals surface area contributed by atoms with Crippen molar-refractivity contribution in [3.63, 3.8) is 0 Å². The van der Waals surface area contributed by atoms with Gasteiger partial charge in [0.2, 0.25) is 0 Å². The fourth-order valence-corrected chi connectivity index (χ4v) is 3.02.